The van der Waals surface area contributed by atoms with Crippen LogP contribution in [0.2, 0.25) is 0 Å². The van der Waals surface area contributed by atoms with Gasteiger partial charge in [0.1, 0.15) is 5.75 Å². The average molecular weight is 330 g/mol. The summed E-state index contributed by atoms with van der Waals surface area (Å²) in [6.45, 7) is 9.49. The number of rotatable bonds is 8. The van der Waals surface area contributed by atoms with Gasteiger partial charge in [-0.3, -0.25) is 0 Å². The van der Waals surface area contributed by atoms with Crippen molar-refractivity contribution in [1.82, 2.24) is 5.32 Å². The van der Waals surface area contributed by atoms with E-state index in [-0.39, 0.29) is 0 Å². The van der Waals surface area contributed by atoms with Crippen molar-refractivity contribution in [2.45, 2.75) is 27.3 Å². The Kier molecular flexibility index (Phi) is 7.42. The zero-order chi connectivity index (χ0) is 14.3. The Morgan fingerprint density at radius 2 is 2.05 bits per heavy atom. The molecule has 0 atom stereocenters. The van der Waals surface area contributed by atoms with Crippen LogP contribution in [-0.2, 0) is 11.3 Å². The molecule has 0 aliphatic carbocycles. The molecule has 0 aliphatic heterocycles. The number of methoxy groups -OCH3 is 1. The quantitative estimate of drug-likeness (QED) is 0.740. The van der Waals surface area contributed by atoms with Crippen LogP contribution in [-0.4, -0.2) is 26.9 Å². The largest absolute Gasteiger partial charge is 0.493 e. The highest BCUT2D eigenvalue weighted by Crippen LogP contribution is 2.28. The minimum atomic E-state index is 0.525. The Morgan fingerprint density at radius 3 is 2.68 bits per heavy atom. The second-order valence-corrected chi connectivity index (χ2v) is 6.00. The number of halogens is 1. The van der Waals surface area contributed by atoms with Gasteiger partial charge in [-0.25, -0.2) is 0 Å². The predicted molar refractivity (Wildman–Crippen MR) is 82.8 cm³/mol. The molecule has 0 spiro atoms. The lowest BCUT2D eigenvalue weighted by Crippen LogP contribution is -2.19. The van der Waals surface area contributed by atoms with Crippen LogP contribution < -0.4 is 10.1 Å². The van der Waals surface area contributed by atoms with E-state index < -0.39 is 0 Å². The Balaban J connectivity index is 2.74. The lowest BCUT2D eigenvalue weighted by atomic mass is 10.1. The van der Waals surface area contributed by atoms with E-state index in [0.29, 0.717) is 5.92 Å². The van der Waals surface area contributed by atoms with Gasteiger partial charge in [-0.1, -0.05) is 29.8 Å². The monoisotopic (exact) mass is 329 g/mol. The minimum Gasteiger partial charge on any atom is -0.493 e. The van der Waals surface area contributed by atoms with Gasteiger partial charge in [-0.2, -0.15) is 0 Å². The van der Waals surface area contributed by atoms with E-state index in [2.05, 4.69) is 54.2 Å². The summed E-state index contributed by atoms with van der Waals surface area (Å²) >= 11 is 3.54. The fourth-order valence-corrected chi connectivity index (χ4v) is 2.40. The van der Waals surface area contributed by atoms with E-state index in [1.165, 1.54) is 11.1 Å². The van der Waals surface area contributed by atoms with Gasteiger partial charge in [-0.15, -0.1) is 0 Å². The molecule has 0 amide bonds. The first-order valence-electron chi connectivity index (χ1n) is 6.66. The first-order valence-corrected chi connectivity index (χ1v) is 7.45. The Hall–Kier alpha value is -0.580. The standard InChI is InChI=1S/C15H24BrNO2/c1-11(2)10-19-15-12(3)7-14(16)8-13(15)9-17-5-6-18-4/h7-8,11,17H,5-6,9-10H2,1-4H3. The van der Waals surface area contributed by atoms with Gasteiger partial charge in [0, 0.05) is 30.2 Å². The summed E-state index contributed by atoms with van der Waals surface area (Å²) in [5, 5.41) is 3.36. The number of hydrogen-bond donors (Lipinski definition) is 1. The van der Waals surface area contributed by atoms with Crippen LogP contribution in [0.1, 0.15) is 25.0 Å². The molecule has 0 unspecified atom stereocenters. The first kappa shape index (κ1) is 16.5. The summed E-state index contributed by atoms with van der Waals surface area (Å²) in [6.07, 6.45) is 0. The van der Waals surface area contributed by atoms with Crippen molar-refractivity contribution in [3.8, 4) is 5.75 Å². The van der Waals surface area contributed by atoms with E-state index >= 15 is 0 Å². The number of ether oxygens (including phenoxy) is 2. The summed E-state index contributed by atoms with van der Waals surface area (Å²) in [5.41, 5.74) is 2.35. The van der Waals surface area contributed by atoms with Gasteiger partial charge < -0.3 is 14.8 Å². The summed E-state index contributed by atoms with van der Waals surface area (Å²) in [7, 11) is 1.71. The smallest absolute Gasteiger partial charge is 0.126 e. The molecule has 0 aliphatic rings. The van der Waals surface area contributed by atoms with Gasteiger partial charge in [0.2, 0.25) is 0 Å². The summed E-state index contributed by atoms with van der Waals surface area (Å²) in [5.74, 6) is 1.53. The second kappa shape index (κ2) is 8.56. The van der Waals surface area contributed by atoms with E-state index in [0.717, 1.165) is 36.5 Å². The molecule has 1 rings (SSSR count). The zero-order valence-corrected chi connectivity index (χ0v) is 13.8. The van der Waals surface area contributed by atoms with Crippen molar-refractivity contribution in [2.75, 3.05) is 26.9 Å². The molecule has 0 radical (unpaired) electrons. The van der Waals surface area contributed by atoms with Crippen LogP contribution in [0, 0.1) is 12.8 Å². The molecular weight excluding hydrogens is 306 g/mol. The zero-order valence-electron chi connectivity index (χ0n) is 12.3. The molecule has 19 heavy (non-hydrogen) atoms. The van der Waals surface area contributed by atoms with Crippen molar-refractivity contribution in [1.29, 1.82) is 0 Å². The number of hydrogen-bond acceptors (Lipinski definition) is 3. The lowest BCUT2D eigenvalue weighted by Gasteiger charge is -2.16. The Morgan fingerprint density at radius 1 is 1.32 bits per heavy atom. The predicted octanol–water partition coefficient (Wildman–Crippen LogP) is 3.53. The topological polar surface area (TPSA) is 30.5 Å². The van der Waals surface area contributed by atoms with Gasteiger partial charge in [0.25, 0.3) is 0 Å². The molecule has 0 saturated carbocycles. The fraction of sp³-hybridized carbons (Fsp3) is 0.600. The Labute approximate surface area is 124 Å². The van der Waals surface area contributed by atoms with Crippen LogP contribution in [0.5, 0.6) is 5.75 Å². The molecule has 1 N–H and O–H groups in total. The second-order valence-electron chi connectivity index (χ2n) is 5.09. The molecule has 1 aromatic carbocycles. The molecule has 0 fully saturated rings. The normalized spacial score (nSPS) is 11.1. The third kappa shape index (κ3) is 5.93. The maximum Gasteiger partial charge on any atom is 0.126 e. The maximum absolute atomic E-state index is 5.95. The third-order valence-electron chi connectivity index (χ3n) is 2.68. The van der Waals surface area contributed by atoms with Gasteiger partial charge in [0.05, 0.1) is 13.2 Å². The van der Waals surface area contributed by atoms with Crippen LogP contribution in [0.4, 0.5) is 0 Å². The molecule has 0 saturated heterocycles. The van der Waals surface area contributed by atoms with Crippen LogP contribution >= 0.6 is 15.9 Å². The summed E-state index contributed by atoms with van der Waals surface area (Å²) in [6, 6.07) is 4.21. The van der Waals surface area contributed by atoms with Gasteiger partial charge in [0.15, 0.2) is 0 Å². The number of aryl methyl sites for hydroxylation is 1. The van der Waals surface area contributed by atoms with Gasteiger partial charge in [-0.05, 0) is 30.5 Å². The van der Waals surface area contributed by atoms with E-state index in [9.17, 15) is 0 Å². The summed E-state index contributed by atoms with van der Waals surface area (Å²) in [4.78, 5) is 0. The number of nitrogens with one attached hydrogen (secondary N) is 1. The molecule has 0 aromatic heterocycles. The SMILES string of the molecule is COCCNCc1cc(Br)cc(C)c1OCC(C)C. The molecule has 1 aromatic rings. The average Bonchev–Trinajstić information content (AvgIpc) is 2.33. The van der Waals surface area contributed by atoms with E-state index in [4.69, 9.17) is 9.47 Å². The molecule has 3 nitrogen and oxygen atoms in total. The van der Waals surface area contributed by atoms with Gasteiger partial charge >= 0.3 is 0 Å². The van der Waals surface area contributed by atoms with Crippen molar-refractivity contribution >= 4 is 15.9 Å². The van der Waals surface area contributed by atoms with Crippen molar-refractivity contribution in [2.24, 2.45) is 5.92 Å². The Bertz CT molecular complexity index is 394. The summed E-state index contributed by atoms with van der Waals surface area (Å²) < 4.78 is 12.1. The third-order valence-corrected chi connectivity index (χ3v) is 3.13. The highest BCUT2D eigenvalue weighted by atomic mass is 79.9. The number of benzene rings is 1. The molecule has 4 heteroatoms. The fourth-order valence-electron chi connectivity index (χ4n) is 1.78. The van der Waals surface area contributed by atoms with Crippen LogP contribution in [0.15, 0.2) is 16.6 Å². The molecule has 0 bridgehead atoms. The minimum absolute atomic E-state index is 0.525. The highest BCUT2D eigenvalue weighted by Gasteiger charge is 2.09. The molecule has 0 heterocycles. The maximum atomic E-state index is 5.95. The first-order chi connectivity index (χ1) is 9.04. The van der Waals surface area contributed by atoms with Crippen LogP contribution in [0.25, 0.3) is 0 Å². The van der Waals surface area contributed by atoms with Crippen molar-refractivity contribution in [3.63, 3.8) is 0 Å². The lowest BCUT2D eigenvalue weighted by molar-refractivity contribution is 0.199. The van der Waals surface area contributed by atoms with E-state index in [1.807, 2.05) is 0 Å². The van der Waals surface area contributed by atoms with E-state index in [1.54, 1.807) is 7.11 Å². The van der Waals surface area contributed by atoms with Crippen molar-refractivity contribution < 1.29 is 9.47 Å². The molecule has 108 valence electrons. The van der Waals surface area contributed by atoms with Crippen molar-refractivity contribution in [3.05, 3.63) is 27.7 Å². The van der Waals surface area contributed by atoms with Crippen LogP contribution in [0.3, 0.4) is 0 Å². The molecular formula is C15H24BrNO2. The highest BCUT2D eigenvalue weighted by molar-refractivity contribution is 9.10.